The van der Waals surface area contributed by atoms with Crippen molar-refractivity contribution in [3.05, 3.63) is 53.7 Å². The lowest BCUT2D eigenvalue weighted by Crippen LogP contribution is -2.31. The van der Waals surface area contributed by atoms with E-state index in [1.54, 1.807) is 49.5 Å². The summed E-state index contributed by atoms with van der Waals surface area (Å²) >= 11 is 0. The normalized spacial score (nSPS) is 16.0. The summed E-state index contributed by atoms with van der Waals surface area (Å²) in [4.78, 5) is 32.6. The summed E-state index contributed by atoms with van der Waals surface area (Å²) in [5.74, 6) is 0.841. The van der Waals surface area contributed by atoms with Crippen LogP contribution in [0.3, 0.4) is 0 Å². The maximum Gasteiger partial charge on any atom is 0.258 e. The van der Waals surface area contributed by atoms with Gasteiger partial charge in [-0.1, -0.05) is 0 Å². The van der Waals surface area contributed by atoms with Gasteiger partial charge in [-0.05, 0) is 50.2 Å². The van der Waals surface area contributed by atoms with Crippen LogP contribution in [0.4, 0.5) is 0 Å². The van der Waals surface area contributed by atoms with Crippen LogP contribution in [0.25, 0.3) is 0 Å². The molecular weight excluding hydrogens is 370 g/mol. The summed E-state index contributed by atoms with van der Waals surface area (Å²) in [6.07, 6.45) is 2.17. The third kappa shape index (κ3) is 5.04. The number of carbonyl (C=O) groups excluding carboxylic acids is 2. The molecule has 1 atom stereocenters. The second-order valence-electron chi connectivity index (χ2n) is 7.53. The van der Waals surface area contributed by atoms with Crippen LogP contribution in [0, 0.1) is 0 Å². The summed E-state index contributed by atoms with van der Waals surface area (Å²) in [5, 5.41) is 0. The summed E-state index contributed by atoms with van der Waals surface area (Å²) < 4.78 is 11.6. The number of ether oxygens (including phenoxy) is 2. The molecule has 29 heavy (non-hydrogen) atoms. The molecule has 1 aromatic carbocycles. The molecule has 0 aliphatic carbocycles. The Bertz CT molecular complexity index is 865. The van der Waals surface area contributed by atoms with Crippen molar-refractivity contribution in [2.24, 2.45) is 0 Å². The quantitative estimate of drug-likeness (QED) is 0.750. The highest BCUT2D eigenvalue weighted by Gasteiger charge is 2.29. The van der Waals surface area contributed by atoms with E-state index in [2.05, 4.69) is 4.98 Å². The first kappa shape index (κ1) is 20.6. The molecule has 0 N–H and O–H groups in total. The van der Waals surface area contributed by atoms with Gasteiger partial charge in [-0.3, -0.25) is 9.59 Å². The van der Waals surface area contributed by atoms with E-state index >= 15 is 0 Å². The van der Waals surface area contributed by atoms with Gasteiger partial charge in [0, 0.05) is 38.8 Å². The van der Waals surface area contributed by atoms with Gasteiger partial charge in [-0.25, -0.2) is 4.98 Å². The minimum absolute atomic E-state index is 0.0437. The van der Waals surface area contributed by atoms with Crippen molar-refractivity contribution < 1.29 is 19.1 Å². The standard InChI is InChI=1S/C22H27N3O4/c1-15(2)28-17-9-7-16(8-10-17)21(26)25-13-11-18(14-25)29-20-19(6-5-12-23-20)22(27)24(3)4/h5-10,12,15,18H,11,13-14H2,1-4H3. The number of hydrogen-bond donors (Lipinski definition) is 0. The van der Waals surface area contributed by atoms with Crippen LogP contribution in [0.2, 0.25) is 0 Å². The molecule has 2 aromatic rings. The minimum atomic E-state index is -0.203. The fraction of sp³-hybridized carbons (Fsp3) is 0.409. The second-order valence-corrected chi connectivity index (χ2v) is 7.53. The van der Waals surface area contributed by atoms with E-state index in [0.717, 1.165) is 5.75 Å². The number of aromatic nitrogens is 1. The Hall–Kier alpha value is -3.09. The van der Waals surface area contributed by atoms with Crippen molar-refractivity contribution in [3.8, 4) is 11.6 Å². The number of benzene rings is 1. The van der Waals surface area contributed by atoms with Crippen molar-refractivity contribution in [1.29, 1.82) is 0 Å². The predicted molar refractivity (Wildman–Crippen MR) is 109 cm³/mol. The van der Waals surface area contributed by atoms with Crippen LogP contribution in [0.1, 0.15) is 41.0 Å². The highest BCUT2D eigenvalue weighted by molar-refractivity contribution is 5.96. The van der Waals surface area contributed by atoms with Gasteiger partial charge in [-0.2, -0.15) is 0 Å². The highest BCUT2D eigenvalue weighted by atomic mass is 16.5. The maximum absolute atomic E-state index is 12.8. The van der Waals surface area contributed by atoms with Gasteiger partial charge in [-0.15, -0.1) is 0 Å². The summed E-state index contributed by atoms with van der Waals surface area (Å²) in [7, 11) is 3.37. The van der Waals surface area contributed by atoms with Crippen molar-refractivity contribution in [2.75, 3.05) is 27.2 Å². The van der Waals surface area contributed by atoms with E-state index in [1.807, 2.05) is 26.0 Å². The van der Waals surface area contributed by atoms with Gasteiger partial charge < -0.3 is 19.3 Å². The van der Waals surface area contributed by atoms with Gasteiger partial charge in [0.1, 0.15) is 17.4 Å². The molecule has 2 amide bonds. The topological polar surface area (TPSA) is 72.0 Å². The number of nitrogens with zero attached hydrogens (tertiary/aromatic N) is 3. The van der Waals surface area contributed by atoms with E-state index < -0.39 is 0 Å². The molecule has 7 heteroatoms. The van der Waals surface area contributed by atoms with Gasteiger partial charge >= 0.3 is 0 Å². The average molecular weight is 397 g/mol. The maximum atomic E-state index is 12.8. The van der Waals surface area contributed by atoms with Crippen molar-refractivity contribution in [1.82, 2.24) is 14.8 Å². The van der Waals surface area contributed by atoms with Crippen molar-refractivity contribution >= 4 is 11.8 Å². The molecule has 7 nitrogen and oxygen atoms in total. The number of rotatable bonds is 6. The van der Waals surface area contributed by atoms with Crippen LogP contribution >= 0.6 is 0 Å². The van der Waals surface area contributed by atoms with E-state index in [-0.39, 0.29) is 24.0 Å². The molecule has 0 radical (unpaired) electrons. The first-order valence-corrected chi connectivity index (χ1v) is 9.74. The summed E-state index contributed by atoms with van der Waals surface area (Å²) in [6.45, 7) is 4.97. The lowest BCUT2D eigenvalue weighted by molar-refractivity contribution is 0.0763. The van der Waals surface area contributed by atoms with Crippen molar-refractivity contribution in [3.63, 3.8) is 0 Å². The molecule has 1 aliphatic rings. The Balaban J connectivity index is 1.63. The largest absolute Gasteiger partial charge is 0.491 e. The molecular formula is C22H27N3O4. The van der Waals surface area contributed by atoms with Crippen LogP contribution in [0.5, 0.6) is 11.6 Å². The molecule has 1 fully saturated rings. The van der Waals surface area contributed by atoms with Gasteiger partial charge in [0.05, 0.1) is 12.6 Å². The number of amides is 2. The third-order valence-corrected chi connectivity index (χ3v) is 4.59. The van der Waals surface area contributed by atoms with Crippen LogP contribution < -0.4 is 9.47 Å². The monoisotopic (exact) mass is 397 g/mol. The molecule has 0 saturated carbocycles. The van der Waals surface area contributed by atoms with E-state index in [1.165, 1.54) is 4.90 Å². The smallest absolute Gasteiger partial charge is 0.258 e. The zero-order valence-corrected chi connectivity index (χ0v) is 17.3. The number of likely N-dealkylation sites (tertiary alicyclic amines) is 1. The molecule has 1 aliphatic heterocycles. The van der Waals surface area contributed by atoms with Crippen LogP contribution in [-0.4, -0.2) is 66.0 Å². The van der Waals surface area contributed by atoms with E-state index in [0.29, 0.717) is 36.5 Å². The molecule has 154 valence electrons. The van der Waals surface area contributed by atoms with Gasteiger partial charge in [0.2, 0.25) is 5.88 Å². The van der Waals surface area contributed by atoms with Crippen LogP contribution in [0.15, 0.2) is 42.6 Å². The SMILES string of the molecule is CC(C)Oc1ccc(C(=O)N2CCC(Oc3ncccc3C(=O)N(C)C)C2)cc1. The summed E-state index contributed by atoms with van der Waals surface area (Å²) in [5.41, 5.74) is 1.03. The third-order valence-electron chi connectivity index (χ3n) is 4.59. The average Bonchev–Trinajstić information content (AvgIpc) is 3.16. The fourth-order valence-corrected chi connectivity index (χ4v) is 3.19. The zero-order valence-electron chi connectivity index (χ0n) is 17.3. The van der Waals surface area contributed by atoms with Crippen LogP contribution in [-0.2, 0) is 0 Å². The zero-order chi connectivity index (χ0) is 21.0. The second kappa shape index (κ2) is 8.94. The predicted octanol–water partition coefficient (Wildman–Crippen LogP) is 2.86. The van der Waals surface area contributed by atoms with E-state index in [4.69, 9.17) is 9.47 Å². The Morgan fingerprint density at radius 2 is 1.90 bits per heavy atom. The molecule has 2 heterocycles. The first-order valence-electron chi connectivity index (χ1n) is 9.74. The fourth-order valence-electron chi connectivity index (χ4n) is 3.19. The number of carbonyl (C=O) groups is 2. The molecule has 1 unspecified atom stereocenters. The Morgan fingerprint density at radius 3 is 2.55 bits per heavy atom. The molecule has 0 spiro atoms. The lowest BCUT2D eigenvalue weighted by atomic mass is 10.2. The number of hydrogen-bond acceptors (Lipinski definition) is 5. The highest BCUT2D eigenvalue weighted by Crippen LogP contribution is 2.23. The van der Waals surface area contributed by atoms with E-state index in [9.17, 15) is 9.59 Å². The molecule has 1 aromatic heterocycles. The Morgan fingerprint density at radius 1 is 1.17 bits per heavy atom. The lowest BCUT2D eigenvalue weighted by Gasteiger charge is -2.19. The summed E-state index contributed by atoms with van der Waals surface area (Å²) in [6, 6.07) is 10.6. The van der Waals surface area contributed by atoms with Crippen molar-refractivity contribution in [2.45, 2.75) is 32.5 Å². The molecule has 1 saturated heterocycles. The Kier molecular flexibility index (Phi) is 6.36. The first-order chi connectivity index (χ1) is 13.8. The molecule has 3 rings (SSSR count). The minimum Gasteiger partial charge on any atom is -0.491 e. The van der Waals surface area contributed by atoms with Gasteiger partial charge in [0.15, 0.2) is 0 Å². The number of pyridine rings is 1. The Labute approximate surface area is 171 Å². The molecule has 0 bridgehead atoms. The van der Waals surface area contributed by atoms with Gasteiger partial charge in [0.25, 0.3) is 11.8 Å².